The van der Waals surface area contributed by atoms with Gasteiger partial charge in [-0.1, -0.05) is 12.1 Å². The highest BCUT2D eigenvalue weighted by molar-refractivity contribution is 5.16. The van der Waals surface area contributed by atoms with E-state index in [1.54, 1.807) is 6.07 Å². The van der Waals surface area contributed by atoms with Gasteiger partial charge in [-0.3, -0.25) is 0 Å². The molecule has 0 spiro atoms. The average Bonchev–Trinajstić information content (AvgIpc) is 2.80. The molecule has 0 aliphatic carbocycles. The summed E-state index contributed by atoms with van der Waals surface area (Å²) in [6.07, 6.45) is 0.748. The van der Waals surface area contributed by atoms with Crippen LogP contribution >= 0.6 is 0 Å². The summed E-state index contributed by atoms with van der Waals surface area (Å²) in [7, 11) is 0. The number of rotatable bonds is 2. The zero-order valence-corrected chi connectivity index (χ0v) is 5.68. The molecule has 0 saturated carbocycles. The molecule has 0 saturated heterocycles. The lowest BCUT2D eigenvalue weighted by Crippen LogP contribution is -2.02. The first kappa shape index (κ1) is 2.05. The van der Waals surface area contributed by atoms with Crippen molar-refractivity contribution < 1.29 is 28.1 Å². The Balaban J connectivity index is -0.0000000287. The van der Waals surface area contributed by atoms with Crippen LogP contribution in [0.15, 0.2) is 24.3 Å². The Morgan fingerprint density at radius 3 is 3.00 bits per heavy atom. The van der Waals surface area contributed by atoms with E-state index in [0.29, 0.717) is 6.54 Å². The lowest BCUT2D eigenvalue weighted by atomic mass is 10.1. The van der Waals surface area contributed by atoms with Crippen LogP contribution in [0.5, 0.6) is 0 Å². The maximum atomic E-state index is 12.4. The molecule has 0 atom stereocenters. The van der Waals surface area contributed by atoms with E-state index in [1.165, 1.54) is 12.1 Å². The van der Waals surface area contributed by atoms with Gasteiger partial charge in [0.25, 0.3) is 0 Å². The third-order valence-electron chi connectivity index (χ3n) is 1.32. The van der Waals surface area contributed by atoms with Crippen molar-refractivity contribution in [2.24, 2.45) is 5.73 Å². The fourth-order valence-electron chi connectivity index (χ4n) is 0.859. The van der Waals surface area contributed by atoms with E-state index in [-0.39, 0.29) is 5.82 Å². The fourth-order valence-corrected chi connectivity index (χ4v) is 0.859. The van der Waals surface area contributed by atoms with Crippen LogP contribution in [0.4, 0.5) is 4.39 Å². The second-order valence-corrected chi connectivity index (χ2v) is 2.17. The minimum Gasteiger partial charge on any atom is -0.330 e. The minimum absolute atomic E-state index is 0.189. The van der Waals surface area contributed by atoms with Gasteiger partial charge in [0.15, 0.2) is 0 Å². The molecule has 0 bridgehead atoms. The summed E-state index contributed by atoms with van der Waals surface area (Å²) in [6.45, 7) is 0.573. The topological polar surface area (TPSA) is 26.0 Å². The van der Waals surface area contributed by atoms with Gasteiger partial charge in [0.05, 0.1) is 0 Å². The van der Waals surface area contributed by atoms with E-state index in [0.717, 1.165) is 12.0 Å². The number of hydrogen-bond acceptors (Lipinski definition) is 1. The van der Waals surface area contributed by atoms with Gasteiger partial charge in [-0.15, -0.1) is 0 Å². The molecule has 1 nitrogen and oxygen atoms in total. The summed E-state index contributed by atoms with van der Waals surface area (Å²) in [5.41, 5.74) is 6.25. The Labute approximate surface area is 84.4 Å². The largest absolute Gasteiger partial charge is 0.330 e. The Bertz CT molecular complexity index is 235. The van der Waals surface area contributed by atoms with Crippen molar-refractivity contribution in [2.45, 2.75) is 6.42 Å². The highest BCUT2D eigenvalue weighted by Crippen LogP contribution is 2.02. The predicted octanol–water partition coefficient (Wildman–Crippen LogP) is 3.29. The van der Waals surface area contributed by atoms with Crippen molar-refractivity contribution in [3.05, 3.63) is 35.6 Å². The lowest BCUT2D eigenvalue weighted by Gasteiger charge is -1.96. The third-order valence-corrected chi connectivity index (χ3v) is 1.32. The van der Waals surface area contributed by atoms with Gasteiger partial charge in [0, 0.05) is 23.8 Å². The van der Waals surface area contributed by atoms with Crippen LogP contribution < -0.4 is 5.73 Å². The van der Waals surface area contributed by atoms with Crippen LogP contribution in [0.3, 0.4) is 0 Å². The standard InChI is InChI=1S/C8H10FN.8H2/c9-8-3-1-2-7(6-8)4-5-10;;;;;;;;/h1-3,6H,4-5,10H2;8*1H/i;8*1+1D. The summed E-state index contributed by atoms with van der Waals surface area (Å²) < 4.78 is 92.4. The second kappa shape index (κ2) is 3.32. The number of benzene rings is 1. The molecule has 0 amide bonds. The van der Waals surface area contributed by atoms with Crippen LogP contribution in [0, 0.1) is 5.82 Å². The highest BCUT2D eigenvalue weighted by atomic mass is 19.1. The first-order valence-electron chi connectivity index (χ1n) is 11.3. The van der Waals surface area contributed by atoms with Crippen molar-refractivity contribution in [1.29, 1.82) is 0 Å². The monoisotopic (exact) mass is 171 g/mol. The van der Waals surface area contributed by atoms with Crippen molar-refractivity contribution in [2.75, 3.05) is 6.54 Å². The summed E-state index contributed by atoms with van der Waals surface area (Å²) >= 11 is 0. The smallest absolute Gasteiger partial charge is 0.123 e. The molecule has 0 aliphatic heterocycles. The minimum atomic E-state index is -0.189. The Morgan fingerprint density at radius 2 is 2.40 bits per heavy atom. The quantitative estimate of drug-likeness (QED) is 0.726. The van der Waals surface area contributed by atoms with E-state index < -0.39 is 0 Å². The fraction of sp³-hybridized carbons (Fsp3) is 0.250. The average molecular weight is 171 g/mol. The molecule has 0 aromatic heterocycles. The molecular weight excluding hydrogens is 129 g/mol. The van der Waals surface area contributed by atoms with E-state index in [2.05, 4.69) is 0 Å². The predicted molar refractivity (Wildman–Crippen MR) is 56.1 cm³/mol. The van der Waals surface area contributed by atoms with Crippen molar-refractivity contribution in [3.8, 4) is 0 Å². The number of hydrogen-bond donors (Lipinski definition) is 1. The second-order valence-electron chi connectivity index (χ2n) is 2.17. The molecular formula is C8H26FN. The van der Waals surface area contributed by atoms with Gasteiger partial charge < -0.3 is 5.73 Å². The summed E-state index contributed by atoms with van der Waals surface area (Å²) in [5, 5.41) is 0. The molecule has 0 aliphatic rings. The van der Waals surface area contributed by atoms with E-state index in [4.69, 9.17) is 29.5 Å². The number of nitrogens with two attached hydrogens (primary N) is 1. The van der Waals surface area contributed by atoms with Gasteiger partial charge in [-0.05, 0) is 30.7 Å². The Morgan fingerprint density at radius 1 is 1.60 bits per heavy atom. The first-order chi connectivity index (χ1) is 12.8. The molecule has 2 heteroatoms. The molecule has 1 aromatic carbocycles. The normalized spacial score (nSPS) is 16.2. The van der Waals surface area contributed by atoms with Gasteiger partial charge in [-0.25, -0.2) is 4.39 Å². The zero-order chi connectivity index (χ0) is 23.4. The molecule has 70 valence electrons. The molecule has 2 N–H and O–H groups in total. The van der Waals surface area contributed by atoms with Crippen LogP contribution in [0.2, 0.25) is 0 Å². The molecule has 0 heterocycles. The van der Waals surface area contributed by atoms with E-state index >= 15 is 0 Å². The van der Waals surface area contributed by atoms with E-state index in [9.17, 15) is 4.39 Å². The summed E-state index contributed by atoms with van der Waals surface area (Å²) in [6, 6.07) is 6.50. The molecule has 1 rings (SSSR count). The van der Waals surface area contributed by atoms with Gasteiger partial charge >= 0.3 is 0 Å². The van der Waals surface area contributed by atoms with Crippen molar-refractivity contribution in [3.63, 3.8) is 0 Å². The molecule has 10 heavy (non-hydrogen) atoms. The maximum Gasteiger partial charge on any atom is 0.123 e. The van der Waals surface area contributed by atoms with Crippen LogP contribution in [0.1, 0.15) is 29.3 Å². The van der Waals surface area contributed by atoms with Gasteiger partial charge in [0.1, 0.15) is 5.82 Å². The summed E-state index contributed by atoms with van der Waals surface area (Å²) in [4.78, 5) is 0. The molecule has 0 radical (unpaired) electrons. The van der Waals surface area contributed by atoms with Gasteiger partial charge in [0.2, 0.25) is 0 Å². The van der Waals surface area contributed by atoms with Crippen molar-refractivity contribution in [1.82, 2.24) is 0 Å². The zero-order valence-electron chi connectivity index (χ0n) is 21.7. The highest BCUT2D eigenvalue weighted by Gasteiger charge is 1.91. The van der Waals surface area contributed by atoms with Crippen LogP contribution in [0.25, 0.3) is 0 Å². The number of halogens is 1. The van der Waals surface area contributed by atoms with Crippen LogP contribution in [-0.4, -0.2) is 6.54 Å². The first-order valence-corrected chi connectivity index (χ1v) is 3.27. The molecule has 0 fully saturated rings. The lowest BCUT2D eigenvalue weighted by molar-refractivity contribution is 0.625. The van der Waals surface area contributed by atoms with Crippen molar-refractivity contribution >= 4 is 0 Å². The SMILES string of the molecule is NCCc1cccc(F)c1.[2H][2H].[2H][2H].[2H][2H].[2H][2H].[2H][2H].[2H][2H].[2H][2H].[2H][2H]. The van der Waals surface area contributed by atoms with Gasteiger partial charge in [-0.2, -0.15) is 0 Å². The molecule has 0 unspecified atom stereocenters. The molecule has 1 aromatic rings. The maximum absolute atomic E-state index is 12.4. The Kier molecular flexibility index (Phi) is 0.680. The van der Waals surface area contributed by atoms with E-state index in [1.807, 2.05) is 6.07 Å². The summed E-state index contributed by atoms with van der Waals surface area (Å²) in [5.74, 6) is -0.189. The van der Waals surface area contributed by atoms with Crippen LogP contribution in [-0.2, 0) is 6.42 Å². The Hall–Kier alpha value is -0.890. The third kappa shape index (κ3) is 1.81.